The second-order valence-electron chi connectivity index (χ2n) is 4.10. The van der Waals surface area contributed by atoms with Gasteiger partial charge >= 0.3 is 0 Å². The standard InChI is InChI=1S/C14H16ClN3/c1-3-10-9(2)17-14(18-13(10)8-16)11-6-4-5-7-12(11)15/h4-7H,3,8,16H2,1-2H3. The van der Waals surface area contributed by atoms with E-state index in [2.05, 4.69) is 16.9 Å². The molecule has 0 amide bonds. The Morgan fingerprint density at radius 2 is 1.94 bits per heavy atom. The van der Waals surface area contributed by atoms with Crippen molar-refractivity contribution < 1.29 is 0 Å². The Labute approximate surface area is 112 Å². The first kappa shape index (κ1) is 13.0. The van der Waals surface area contributed by atoms with Gasteiger partial charge in [0.2, 0.25) is 0 Å². The van der Waals surface area contributed by atoms with Crippen molar-refractivity contribution in [3.63, 3.8) is 0 Å². The minimum atomic E-state index is 0.421. The zero-order valence-corrected chi connectivity index (χ0v) is 11.3. The topological polar surface area (TPSA) is 51.8 Å². The van der Waals surface area contributed by atoms with Crippen molar-refractivity contribution in [1.29, 1.82) is 0 Å². The summed E-state index contributed by atoms with van der Waals surface area (Å²) in [5, 5.41) is 0.657. The van der Waals surface area contributed by atoms with Gasteiger partial charge in [-0.3, -0.25) is 0 Å². The molecule has 0 fully saturated rings. The van der Waals surface area contributed by atoms with Crippen LogP contribution in [0.1, 0.15) is 23.9 Å². The van der Waals surface area contributed by atoms with Crippen molar-refractivity contribution >= 4 is 11.6 Å². The number of aryl methyl sites for hydroxylation is 1. The molecule has 0 saturated heterocycles. The van der Waals surface area contributed by atoms with Gasteiger partial charge < -0.3 is 5.73 Å². The Hall–Kier alpha value is -1.45. The number of hydrogen-bond donors (Lipinski definition) is 1. The number of hydrogen-bond acceptors (Lipinski definition) is 3. The lowest BCUT2D eigenvalue weighted by molar-refractivity contribution is 0.891. The smallest absolute Gasteiger partial charge is 0.161 e. The molecule has 94 valence electrons. The number of nitrogens with zero attached hydrogens (tertiary/aromatic N) is 2. The van der Waals surface area contributed by atoms with E-state index in [1.807, 2.05) is 31.2 Å². The number of halogens is 1. The molecule has 0 spiro atoms. The molecule has 3 nitrogen and oxygen atoms in total. The van der Waals surface area contributed by atoms with Crippen LogP contribution in [0, 0.1) is 6.92 Å². The Balaban J connectivity index is 2.60. The van der Waals surface area contributed by atoms with Crippen molar-refractivity contribution in [1.82, 2.24) is 9.97 Å². The van der Waals surface area contributed by atoms with Gasteiger partial charge in [0.1, 0.15) is 0 Å². The number of aromatic nitrogens is 2. The maximum atomic E-state index is 6.17. The number of benzene rings is 1. The highest BCUT2D eigenvalue weighted by molar-refractivity contribution is 6.33. The lowest BCUT2D eigenvalue weighted by atomic mass is 10.1. The van der Waals surface area contributed by atoms with Crippen LogP contribution in [-0.2, 0) is 13.0 Å². The second kappa shape index (κ2) is 5.46. The van der Waals surface area contributed by atoms with Crippen LogP contribution < -0.4 is 5.73 Å². The summed E-state index contributed by atoms with van der Waals surface area (Å²) in [6.45, 7) is 4.49. The SMILES string of the molecule is CCc1c(C)nc(-c2ccccc2Cl)nc1CN. The fourth-order valence-corrected chi connectivity index (χ4v) is 2.27. The summed E-state index contributed by atoms with van der Waals surface area (Å²) >= 11 is 6.17. The van der Waals surface area contributed by atoms with Gasteiger partial charge in [0.25, 0.3) is 0 Å². The predicted molar refractivity (Wildman–Crippen MR) is 74.5 cm³/mol. The van der Waals surface area contributed by atoms with Crippen LogP contribution in [0.4, 0.5) is 0 Å². The molecule has 0 radical (unpaired) electrons. The van der Waals surface area contributed by atoms with E-state index in [0.717, 1.165) is 28.9 Å². The zero-order chi connectivity index (χ0) is 13.1. The molecule has 1 aromatic heterocycles. The van der Waals surface area contributed by atoms with Gasteiger partial charge in [0.15, 0.2) is 5.82 Å². The summed E-state index contributed by atoms with van der Waals surface area (Å²) in [4.78, 5) is 9.07. The molecule has 2 rings (SSSR count). The first-order valence-corrected chi connectivity index (χ1v) is 6.36. The van der Waals surface area contributed by atoms with Crippen molar-refractivity contribution in [2.45, 2.75) is 26.8 Å². The third kappa shape index (κ3) is 2.37. The van der Waals surface area contributed by atoms with E-state index in [0.29, 0.717) is 17.4 Å². The van der Waals surface area contributed by atoms with Crippen LogP contribution in [0.2, 0.25) is 5.02 Å². The monoisotopic (exact) mass is 261 g/mol. The molecule has 1 heterocycles. The second-order valence-corrected chi connectivity index (χ2v) is 4.50. The average Bonchev–Trinajstić information content (AvgIpc) is 2.38. The molecule has 0 saturated carbocycles. The zero-order valence-electron chi connectivity index (χ0n) is 10.6. The number of nitrogens with two attached hydrogens (primary N) is 1. The lowest BCUT2D eigenvalue weighted by Gasteiger charge is -2.11. The fraction of sp³-hybridized carbons (Fsp3) is 0.286. The molecule has 0 aliphatic carbocycles. The van der Waals surface area contributed by atoms with Gasteiger partial charge in [0.05, 0.1) is 10.7 Å². The molecule has 4 heteroatoms. The normalized spacial score (nSPS) is 10.7. The van der Waals surface area contributed by atoms with Crippen LogP contribution in [0.5, 0.6) is 0 Å². The summed E-state index contributed by atoms with van der Waals surface area (Å²) in [6, 6.07) is 7.58. The van der Waals surface area contributed by atoms with Crippen LogP contribution in [-0.4, -0.2) is 9.97 Å². The van der Waals surface area contributed by atoms with Crippen LogP contribution in [0.3, 0.4) is 0 Å². The minimum Gasteiger partial charge on any atom is -0.325 e. The molecular formula is C14H16ClN3. The van der Waals surface area contributed by atoms with E-state index < -0.39 is 0 Å². The maximum Gasteiger partial charge on any atom is 0.161 e. The molecule has 2 aromatic rings. The molecule has 18 heavy (non-hydrogen) atoms. The average molecular weight is 262 g/mol. The van der Waals surface area contributed by atoms with Gasteiger partial charge in [-0.2, -0.15) is 0 Å². The van der Waals surface area contributed by atoms with Gasteiger partial charge in [-0.15, -0.1) is 0 Å². The van der Waals surface area contributed by atoms with E-state index in [4.69, 9.17) is 17.3 Å². The summed E-state index contributed by atoms with van der Waals surface area (Å²) in [5.74, 6) is 0.649. The number of rotatable bonds is 3. The van der Waals surface area contributed by atoms with E-state index in [1.165, 1.54) is 0 Å². The molecule has 1 aromatic carbocycles. The third-order valence-electron chi connectivity index (χ3n) is 2.96. The summed E-state index contributed by atoms with van der Waals surface area (Å²) < 4.78 is 0. The molecule has 0 unspecified atom stereocenters. The summed E-state index contributed by atoms with van der Waals surface area (Å²) in [6.07, 6.45) is 0.890. The molecule has 0 aliphatic rings. The Morgan fingerprint density at radius 1 is 1.22 bits per heavy atom. The first-order valence-electron chi connectivity index (χ1n) is 5.98. The lowest BCUT2D eigenvalue weighted by Crippen LogP contribution is -2.09. The van der Waals surface area contributed by atoms with E-state index >= 15 is 0 Å². The highest BCUT2D eigenvalue weighted by Crippen LogP contribution is 2.26. The van der Waals surface area contributed by atoms with E-state index in [-0.39, 0.29) is 0 Å². The maximum absolute atomic E-state index is 6.17. The van der Waals surface area contributed by atoms with Crippen molar-refractivity contribution in [3.8, 4) is 11.4 Å². The van der Waals surface area contributed by atoms with Gasteiger partial charge in [-0.1, -0.05) is 30.7 Å². The van der Waals surface area contributed by atoms with Crippen molar-refractivity contribution in [3.05, 3.63) is 46.2 Å². The van der Waals surface area contributed by atoms with Crippen molar-refractivity contribution in [2.24, 2.45) is 5.73 Å². The highest BCUT2D eigenvalue weighted by atomic mass is 35.5. The quantitative estimate of drug-likeness (QED) is 0.924. The van der Waals surface area contributed by atoms with Gasteiger partial charge in [-0.25, -0.2) is 9.97 Å². The largest absolute Gasteiger partial charge is 0.325 e. The molecular weight excluding hydrogens is 246 g/mol. The van der Waals surface area contributed by atoms with E-state index in [1.54, 1.807) is 0 Å². The molecule has 0 atom stereocenters. The molecule has 0 aliphatic heterocycles. The molecule has 2 N–H and O–H groups in total. The Bertz CT molecular complexity index is 567. The predicted octanol–water partition coefficient (Wildman–Crippen LogP) is 3.13. The van der Waals surface area contributed by atoms with Gasteiger partial charge in [0, 0.05) is 17.8 Å². The first-order chi connectivity index (χ1) is 8.67. The van der Waals surface area contributed by atoms with Crippen LogP contribution in [0.25, 0.3) is 11.4 Å². The fourth-order valence-electron chi connectivity index (χ4n) is 2.05. The Kier molecular flexibility index (Phi) is 3.94. The third-order valence-corrected chi connectivity index (χ3v) is 3.29. The van der Waals surface area contributed by atoms with E-state index in [9.17, 15) is 0 Å². The Morgan fingerprint density at radius 3 is 2.56 bits per heavy atom. The van der Waals surface area contributed by atoms with Crippen LogP contribution in [0.15, 0.2) is 24.3 Å². The summed E-state index contributed by atoms with van der Waals surface area (Å²) in [7, 11) is 0. The minimum absolute atomic E-state index is 0.421. The molecule has 0 bridgehead atoms. The van der Waals surface area contributed by atoms with Crippen molar-refractivity contribution in [2.75, 3.05) is 0 Å². The highest BCUT2D eigenvalue weighted by Gasteiger charge is 2.12. The van der Waals surface area contributed by atoms with Gasteiger partial charge in [-0.05, 0) is 31.0 Å². The summed E-state index contributed by atoms with van der Waals surface area (Å²) in [5.41, 5.74) is 9.61. The van der Waals surface area contributed by atoms with Crippen LogP contribution >= 0.6 is 11.6 Å².